The fourth-order valence-electron chi connectivity index (χ4n) is 3.56. The van der Waals surface area contributed by atoms with Crippen LogP contribution in [0.1, 0.15) is 11.3 Å². The van der Waals surface area contributed by atoms with Crippen molar-refractivity contribution < 1.29 is 17.6 Å². The highest BCUT2D eigenvalue weighted by atomic mass is 32.1. The Kier molecular flexibility index (Phi) is 7.11. The van der Waals surface area contributed by atoms with Crippen molar-refractivity contribution in [2.75, 3.05) is 41.3 Å². The molecule has 2 aromatic carbocycles. The Morgan fingerprint density at radius 3 is 2.21 bits per heavy atom. The molecule has 0 spiro atoms. The molecule has 0 unspecified atom stereocenters. The summed E-state index contributed by atoms with van der Waals surface area (Å²) < 4.78 is 53.6. The van der Waals surface area contributed by atoms with Gasteiger partial charge in [0.25, 0.3) is 0 Å². The number of anilines is 3. The number of halogens is 4. The van der Waals surface area contributed by atoms with Crippen molar-refractivity contribution >= 4 is 34.8 Å². The summed E-state index contributed by atoms with van der Waals surface area (Å²) in [7, 11) is 0. The van der Waals surface area contributed by atoms with Gasteiger partial charge in [-0.25, -0.2) is 9.37 Å². The summed E-state index contributed by atoms with van der Waals surface area (Å²) >= 11 is 5.19. The van der Waals surface area contributed by atoms with Crippen LogP contribution in [0.4, 0.5) is 35.0 Å². The van der Waals surface area contributed by atoms with Gasteiger partial charge in [0, 0.05) is 44.5 Å². The van der Waals surface area contributed by atoms with E-state index in [1.54, 1.807) is 17.0 Å². The third kappa shape index (κ3) is 6.10. The van der Waals surface area contributed by atoms with Crippen LogP contribution in [0.2, 0.25) is 0 Å². The molecule has 6 nitrogen and oxygen atoms in total. The van der Waals surface area contributed by atoms with E-state index in [0.717, 1.165) is 17.3 Å². The molecule has 11 heteroatoms. The molecule has 3 aromatic rings. The SMILES string of the molecule is Fc1ccc(CNC(=S)Nc2nc(N3CCN(c4ccccc4)CC3)cc(C(F)(F)F)n2)cc1. The smallest absolute Gasteiger partial charge is 0.368 e. The van der Waals surface area contributed by atoms with Crippen molar-refractivity contribution in [2.24, 2.45) is 0 Å². The summed E-state index contributed by atoms with van der Waals surface area (Å²) in [4.78, 5) is 11.9. The number of nitrogens with one attached hydrogen (secondary N) is 2. The Morgan fingerprint density at radius 2 is 1.56 bits per heavy atom. The normalized spacial score (nSPS) is 14.1. The molecule has 0 atom stereocenters. The Balaban J connectivity index is 1.44. The summed E-state index contributed by atoms with van der Waals surface area (Å²) in [5, 5.41) is 5.56. The third-order valence-electron chi connectivity index (χ3n) is 5.32. The van der Waals surface area contributed by atoms with Gasteiger partial charge in [-0.15, -0.1) is 0 Å². The molecule has 0 aliphatic carbocycles. The summed E-state index contributed by atoms with van der Waals surface area (Å²) in [5.74, 6) is -0.426. The monoisotopic (exact) mass is 490 g/mol. The summed E-state index contributed by atoms with van der Waals surface area (Å²) in [5.41, 5.74) is 0.778. The van der Waals surface area contributed by atoms with E-state index >= 15 is 0 Å². The largest absolute Gasteiger partial charge is 0.433 e. The molecule has 0 radical (unpaired) electrons. The van der Waals surface area contributed by atoms with Gasteiger partial charge in [-0.05, 0) is 42.0 Å². The van der Waals surface area contributed by atoms with Crippen LogP contribution in [0.25, 0.3) is 0 Å². The third-order valence-corrected chi connectivity index (χ3v) is 5.57. The first-order valence-corrected chi connectivity index (χ1v) is 11.0. The van der Waals surface area contributed by atoms with Crippen LogP contribution in [0.5, 0.6) is 0 Å². The van der Waals surface area contributed by atoms with Gasteiger partial charge in [0.15, 0.2) is 10.8 Å². The quantitative estimate of drug-likeness (QED) is 0.405. The highest BCUT2D eigenvalue weighted by Crippen LogP contribution is 2.31. The number of hydrogen-bond donors (Lipinski definition) is 2. The fourth-order valence-corrected chi connectivity index (χ4v) is 3.72. The molecule has 4 rings (SSSR count). The minimum absolute atomic E-state index is 0.0588. The Hall–Kier alpha value is -3.47. The fraction of sp³-hybridized carbons (Fsp3) is 0.261. The Morgan fingerprint density at radius 1 is 0.912 bits per heavy atom. The topological polar surface area (TPSA) is 56.3 Å². The number of hydrogen-bond acceptors (Lipinski definition) is 5. The first-order valence-electron chi connectivity index (χ1n) is 10.6. The number of rotatable bonds is 5. The lowest BCUT2D eigenvalue weighted by atomic mass is 10.2. The van der Waals surface area contributed by atoms with E-state index in [-0.39, 0.29) is 29.2 Å². The minimum Gasteiger partial charge on any atom is -0.368 e. The van der Waals surface area contributed by atoms with Crippen molar-refractivity contribution in [1.29, 1.82) is 0 Å². The second kappa shape index (κ2) is 10.2. The zero-order valence-electron chi connectivity index (χ0n) is 18.0. The molecular formula is C23H22F4N6S. The van der Waals surface area contributed by atoms with E-state index in [1.807, 2.05) is 30.3 Å². The van der Waals surface area contributed by atoms with Crippen molar-refractivity contribution in [3.05, 3.63) is 77.7 Å². The number of aromatic nitrogens is 2. The molecule has 1 aromatic heterocycles. The predicted molar refractivity (Wildman–Crippen MR) is 127 cm³/mol. The zero-order chi connectivity index (χ0) is 24.1. The lowest BCUT2D eigenvalue weighted by Gasteiger charge is -2.37. The average Bonchev–Trinajstić information content (AvgIpc) is 2.83. The average molecular weight is 491 g/mol. The minimum atomic E-state index is -4.64. The highest BCUT2D eigenvalue weighted by molar-refractivity contribution is 7.80. The summed E-state index contributed by atoms with van der Waals surface area (Å²) in [6.45, 7) is 2.58. The number of piperazine rings is 1. The van der Waals surface area contributed by atoms with Gasteiger partial charge in [0.05, 0.1) is 0 Å². The van der Waals surface area contributed by atoms with Gasteiger partial charge in [0.1, 0.15) is 11.6 Å². The standard InChI is InChI=1S/C23H22F4N6S/c24-17-8-6-16(7-9-17)15-28-22(34)31-21-29-19(23(25,26)27)14-20(30-21)33-12-10-32(11-13-33)18-4-2-1-3-5-18/h1-9,14H,10-13,15H2,(H2,28,29,30,31,34). The van der Waals surface area contributed by atoms with Gasteiger partial charge in [-0.3, -0.25) is 0 Å². The van der Waals surface area contributed by atoms with Crippen LogP contribution in [-0.4, -0.2) is 41.3 Å². The second-order valence-electron chi connectivity index (χ2n) is 7.68. The van der Waals surface area contributed by atoms with Crippen molar-refractivity contribution in [3.63, 3.8) is 0 Å². The first-order chi connectivity index (χ1) is 16.3. The van der Waals surface area contributed by atoms with Crippen molar-refractivity contribution in [2.45, 2.75) is 12.7 Å². The summed E-state index contributed by atoms with van der Waals surface area (Å²) in [6.07, 6.45) is -4.64. The maximum absolute atomic E-state index is 13.5. The number of para-hydroxylation sites is 1. The van der Waals surface area contributed by atoms with E-state index in [4.69, 9.17) is 12.2 Å². The van der Waals surface area contributed by atoms with Gasteiger partial charge < -0.3 is 20.4 Å². The number of benzene rings is 2. The van der Waals surface area contributed by atoms with Crippen LogP contribution < -0.4 is 20.4 Å². The molecule has 1 aliphatic heterocycles. The van der Waals surface area contributed by atoms with Crippen LogP contribution in [0.3, 0.4) is 0 Å². The molecular weight excluding hydrogens is 468 g/mol. The van der Waals surface area contributed by atoms with Crippen molar-refractivity contribution in [1.82, 2.24) is 15.3 Å². The molecule has 0 saturated carbocycles. The molecule has 1 fully saturated rings. The molecule has 2 heterocycles. The highest BCUT2D eigenvalue weighted by Gasteiger charge is 2.34. The second-order valence-corrected chi connectivity index (χ2v) is 8.08. The van der Waals surface area contributed by atoms with Crippen LogP contribution in [-0.2, 0) is 12.7 Å². The lowest BCUT2D eigenvalue weighted by Crippen LogP contribution is -2.47. The van der Waals surface area contributed by atoms with Crippen molar-refractivity contribution in [3.8, 4) is 0 Å². The lowest BCUT2D eigenvalue weighted by molar-refractivity contribution is -0.141. The van der Waals surface area contributed by atoms with E-state index in [2.05, 4.69) is 25.5 Å². The Labute approximate surface area is 199 Å². The van der Waals surface area contributed by atoms with Crippen LogP contribution >= 0.6 is 12.2 Å². The molecule has 0 bridgehead atoms. The maximum atomic E-state index is 13.5. The Bertz CT molecular complexity index is 1120. The van der Waals surface area contributed by atoms with Crippen LogP contribution in [0, 0.1) is 5.82 Å². The first kappa shape index (κ1) is 23.7. The van der Waals surface area contributed by atoms with E-state index in [0.29, 0.717) is 26.2 Å². The summed E-state index contributed by atoms with van der Waals surface area (Å²) in [6, 6.07) is 16.6. The molecule has 1 saturated heterocycles. The van der Waals surface area contributed by atoms with Gasteiger partial charge in [-0.1, -0.05) is 30.3 Å². The maximum Gasteiger partial charge on any atom is 0.433 e. The molecule has 2 N–H and O–H groups in total. The zero-order valence-corrected chi connectivity index (χ0v) is 18.8. The van der Waals surface area contributed by atoms with E-state index in [1.165, 1.54) is 12.1 Å². The molecule has 178 valence electrons. The number of thiocarbonyl (C=S) groups is 1. The van der Waals surface area contributed by atoms with Gasteiger partial charge in [0.2, 0.25) is 5.95 Å². The molecule has 34 heavy (non-hydrogen) atoms. The van der Waals surface area contributed by atoms with Gasteiger partial charge >= 0.3 is 6.18 Å². The van der Waals surface area contributed by atoms with Gasteiger partial charge in [-0.2, -0.15) is 18.2 Å². The number of alkyl halides is 3. The molecule has 1 aliphatic rings. The van der Waals surface area contributed by atoms with E-state index < -0.39 is 11.9 Å². The van der Waals surface area contributed by atoms with Crippen LogP contribution in [0.15, 0.2) is 60.7 Å². The molecule has 0 amide bonds. The van der Waals surface area contributed by atoms with E-state index in [9.17, 15) is 17.6 Å². The predicted octanol–water partition coefficient (Wildman–Crippen LogP) is 4.45. The number of nitrogens with zero attached hydrogens (tertiary/aromatic N) is 4.